The second-order valence-electron chi connectivity index (χ2n) is 5.99. The van der Waals surface area contributed by atoms with Crippen LogP contribution < -0.4 is 5.32 Å². The molecule has 1 N–H and O–H groups in total. The van der Waals surface area contributed by atoms with Crippen LogP contribution in [0.25, 0.3) is 0 Å². The van der Waals surface area contributed by atoms with Crippen LogP contribution in [-0.4, -0.2) is 31.1 Å². The van der Waals surface area contributed by atoms with Crippen LogP contribution in [0, 0.1) is 0 Å². The minimum atomic E-state index is 0.614. The van der Waals surface area contributed by atoms with Crippen LogP contribution in [0.5, 0.6) is 0 Å². The van der Waals surface area contributed by atoms with Crippen molar-refractivity contribution in [1.29, 1.82) is 0 Å². The van der Waals surface area contributed by atoms with Crippen LogP contribution in [0.3, 0.4) is 0 Å². The van der Waals surface area contributed by atoms with Gasteiger partial charge in [0, 0.05) is 12.1 Å². The Morgan fingerprint density at radius 2 is 2.05 bits per heavy atom. The molecule has 1 aliphatic heterocycles. The molecule has 2 rings (SSSR count). The highest BCUT2D eigenvalue weighted by molar-refractivity contribution is 5.19. The molecule has 0 bridgehead atoms. The maximum absolute atomic E-state index is 3.32. The molecule has 112 valence electrons. The van der Waals surface area contributed by atoms with Gasteiger partial charge in [-0.15, -0.1) is 0 Å². The fourth-order valence-corrected chi connectivity index (χ4v) is 3.53. The monoisotopic (exact) mass is 274 g/mol. The van der Waals surface area contributed by atoms with Gasteiger partial charge in [-0.1, -0.05) is 50.1 Å². The van der Waals surface area contributed by atoms with E-state index in [1.54, 1.807) is 0 Å². The molecule has 1 fully saturated rings. The van der Waals surface area contributed by atoms with Gasteiger partial charge in [0.05, 0.1) is 0 Å². The van der Waals surface area contributed by atoms with E-state index in [1.165, 1.54) is 50.6 Å². The zero-order chi connectivity index (χ0) is 14.2. The van der Waals surface area contributed by atoms with Crippen molar-refractivity contribution in [2.45, 2.75) is 57.5 Å². The van der Waals surface area contributed by atoms with Crippen LogP contribution in [0.4, 0.5) is 0 Å². The van der Waals surface area contributed by atoms with E-state index < -0.39 is 0 Å². The van der Waals surface area contributed by atoms with Gasteiger partial charge in [-0.05, 0) is 51.4 Å². The minimum Gasteiger partial charge on any atom is -0.320 e. The van der Waals surface area contributed by atoms with E-state index in [-0.39, 0.29) is 0 Å². The highest BCUT2D eigenvalue weighted by Gasteiger charge is 2.28. The Labute approximate surface area is 124 Å². The maximum Gasteiger partial charge on any atom is 0.0350 e. The van der Waals surface area contributed by atoms with Crippen molar-refractivity contribution in [3.8, 4) is 0 Å². The standard InChI is InChI=1S/C18H30N2/c1-3-9-18(16-10-5-4-6-11-16)20-15-8-7-12-17(20)13-14-19-2/h4-6,10-11,17-19H,3,7-9,12-15H2,1-2H3. The highest BCUT2D eigenvalue weighted by atomic mass is 15.2. The molecule has 0 spiro atoms. The molecule has 1 aliphatic rings. The van der Waals surface area contributed by atoms with Crippen LogP contribution in [0.1, 0.15) is 57.1 Å². The van der Waals surface area contributed by atoms with Crippen molar-refractivity contribution in [3.63, 3.8) is 0 Å². The van der Waals surface area contributed by atoms with Gasteiger partial charge >= 0.3 is 0 Å². The number of hydrogen-bond donors (Lipinski definition) is 1. The van der Waals surface area contributed by atoms with Gasteiger partial charge in [-0.25, -0.2) is 0 Å². The van der Waals surface area contributed by atoms with E-state index in [1.807, 2.05) is 0 Å². The third kappa shape index (κ3) is 4.07. The summed E-state index contributed by atoms with van der Waals surface area (Å²) in [5.74, 6) is 0. The molecule has 2 atom stereocenters. The third-order valence-corrected chi connectivity index (χ3v) is 4.55. The van der Waals surface area contributed by atoms with Gasteiger partial charge in [0.25, 0.3) is 0 Å². The van der Waals surface area contributed by atoms with Crippen molar-refractivity contribution in [3.05, 3.63) is 35.9 Å². The SMILES string of the molecule is CCCC(c1ccccc1)N1CCCCC1CCNC. The fourth-order valence-electron chi connectivity index (χ4n) is 3.53. The number of rotatable bonds is 7. The normalized spacial score (nSPS) is 21.8. The highest BCUT2D eigenvalue weighted by Crippen LogP contribution is 2.32. The van der Waals surface area contributed by atoms with Gasteiger partial charge < -0.3 is 5.32 Å². The van der Waals surface area contributed by atoms with E-state index in [4.69, 9.17) is 0 Å². The zero-order valence-corrected chi connectivity index (χ0v) is 13.1. The third-order valence-electron chi connectivity index (χ3n) is 4.55. The van der Waals surface area contributed by atoms with E-state index in [0.717, 1.165) is 12.6 Å². The van der Waals surface area contributed by atoms with Crippen molar-refractivity contribution in [2.24, 2.45) is 0 Å². The minimum absolute atomic E-state index is 0.614. The van der Waals surface area contributed by atoms with Crippen LogP contribution in [0.2, 0.25) is 0 Å². The molecule has 2 nitrogen and oxygen atoms in total. The van der Waals surface area contributed by atoms with Crippen molar-refractivity contribution >= 4 is 0 Å². The average Bonchev–Trinajstić information content (AvgIpc) is 2.52. The first-order valence-corrected chi connectivity index (χ1v) is 8.32. The lowest BCUT2D eigenvalue weighted by Gasteiger charge is -2.42. The summed E-state index contributed by atoms with van der Waals surface area (Å²) < 4.78 is 0. The molecule has 0 aromatic heterocycles. The summed E-state index contributed by atoms with van der Waals surface area (Å²) in [7, 11) is 2.06. The summed E-state index contributed by atoms with van der Waals surface area (Å²) >= 11 is 0. The second-order valence-corrected chi connectivity index (χ2v) is 5.99. The molecule has 1 heterocycles. The predicted octanol–water partition coefficient (Wildman–Crippen LogP) is 3.99. The topological polar surface area (TPSA) is 15.3 Å². The number of likely N-dealkylation sites (tertiary alicyclic amines) is 1. The molecule has 20 heavy (non-hydrogen) atoms. The smallest absolute Gasteiger partial charge is 0.0350 e. The first-order valence-electron chi connectivity index (χ1n) is 8.32. The molecule has 1 saturated heterocycles. The van der Waals surface area contributed by atoms with Gasteiger partial charge in [-0.3, -0.25) is 4.90 Å². The Hall–Kier alpha value is -0.860. The Bertz CT molecular complexity index is 363. The number of benzene rings is 1. The Kier molecular flexibility index (Phi) is 6.55. The lowest BCUT2D eigenvalue weighted by molar-refractivity contribution is 0.0830. The van der Waals surface area contributed by atoms with E-state index >= 15 is 0 Å². The molecule has 1 aromatic rings. The van der Waals surface area contributed by atoms with Gasteiger partial charge in [0.2, 0.25) is 0 Å². The number of nitrogens with zero attached hydrogens (tertiary/aromatic N) is 1. The molecule has 0 radical (unpaired) electrons. The van der Waals surface area contributed by atoms with Crippen molar-refractivity contribution in [2.75, 3.05) is 20.1 Å². The quantitative estimate of drug-likeness (QED) is 0.808. The van der Waals surface area contributed by atoms with Gasteiger partial charge in [0.15, 0.2) is 0 Å². The molecule has 0 saturated carbocycles. The molecule has 1 aromatic carbocycles. The molecule has 0 amide bonds. The first-order chi connectivity index (χ1) is 9.86. The summed E-state index contributed by atoms with van der Waals surface area (Å²) in [6, 6.07) is 12.5. The maximum atomic E-state index is 3.32. The molecule has 2 heteroatoms. The summed E-state index contributed by atoms with van der Waals surface area (Å²) in [6.07, 6.45) is 7.95. The Morgan fingerprint density at radius 3 is 2.75 bits per heavy atom. The predicted molar refractivity (Wildman–Crippen MR) is 87.0 cm³/mol. The Morgan fingerprint density at radius 1 is 1.25 bits per heavy atom. The molecular weight excluding hydrogens is 244 g/mol. The van der Waals surface area contributed by atoms with Gasteiger partial charge in [-0.2, -0.15) is 0 Å². The summed E-state index contributed by atoms with van der Waals surface area (Å²) in [5, 5.41) is 3.32. The second kappa shape index (κ2) is 8.43. The van der Waals surface area contributed by atoms with Crippen LogP contribution in [0.15, 0.2) is 30.3 Å². The number of hydrogen-bond acceptors (Lipinski definition) is 2. The lowest BCUT2D eigenvalue weighted by atomic mass is 9.92. The number of nitrogens with one attached hydrogen (secondary N) is 1. The summed E-state index contributed by atoms with van der Waals surface area (Å²) in [5.41, 5.74) is 1.51. The van der Waals surface area contributed by atoms with Crippen LogP contribution >= 0.6 is 0 Å². The van der Waals surface area contributed by atoms with Gasteiger partial charge in [0.1, 0.15) is 0 Å². The lowest BCUT2D eigenvalue weighted by Crippen LogP contribution is -2.43. The van der Waals surface area contributed by atoms with E-state index in [9.17, 15) is 0 Å². The summed E-state index contributed by atoms with van der Waals surface area (Å²) in [6.45, 7) is 4.71. The summed E-state index contributed by atoms with van der Waals surface area (Å²) in [4.78, 5) is 2.79. The van der Waals surface area contributed by atoms with Crippen LogP contribution in [-0.2, 0) is 0 Å². The van der Waals surface area contributed by atoms with E-state index in [2.05, 4.69) is 54.5 Å². The first kappa shape index (κ1) is 15.5. The Balaban J connectivity index is 2.13. The number of piperidine rings is 1. The zero-order valence-electron chi connectivity index (χ0n) is 13.1. The van der Waals surface area contributed by atoms with Crippen molar-refractivity contribution in [1.82, 2.24) is 10.2 Å². The average molecular weight is 274 g/mol. The molecule has 2 unspecified atom stereocenters. The fraction of sp³-hybridized carbons (Fsp3) is 0.667. The molecule has 0 aliphatic carbocycles. The van der Waals surface area contributed by atoms with E-state index in [0.29, 0.717) is 6.04 Å². The van der Waals surface area contributed by atoms with Crippen molar-refractivity contribution < 1.29 is 0 Å². The largest absolute Gasteiger partial charge is 0.320 e. The molecular formula is C18H30N2.